The summed E-state index contributed by atoms with van der Waals surface area (Å²) in [6, 6.07) is 9.15. The van der Waals surface area contributed by atoms with E-state index in [-0.39, 0.29) is 17.5 Å². The number of rotatable bonds is 1. The minimum atomic E-state index is -3.03. The van der Waals surface area contributed by atoms with Crippen molar-refractivity contribution in [3.8, 4) is 0 Å². The lowest BCUT2D eigenvalue weighted by Crippen LogP contribution is -2.48. The van der Waals surface area contributed by atoms with Gasteiger partial charge in [-0.2, -0.15) is 0 Å². The fourth-order valence-corrected chi connectivity index (χ4v) is 4.78. The van der Waals surface area contributed by atoms with E-state index < -0.39 is 15.4 Å². The summed E-state index contributed by atoms with van der Waals surface area (Å²) in [6.07, 6.45) is 2.16. The summed E-state index contributed by atoms with van der Waals surface area (Å²) >= 11 is 0. The van der Waals surface area contributed by atoms with Crippen LogP contribution in [0.1, 0.15) is 13.3 Å². The molecular formula is C14H16N2O3S. The van der Waals surface area contributed by atoms with Crippen LogP contribution in [-0.2, 0) is 9.84 Å². The quantitative estimate of drug-likeness (QED) is 0.871. The number of sulfone groups is 1. The van der Waals surface area contributed by atoms with Crippen molar-refractivity contribution in [2.75, 3.05) is 11.5 Å². The highest BCUT2D eigenvalue weighted by Crippen LogP contribution is 2.23. The molecule has 1 aromatic carbocycles. The van der Waals surface area contributed by atoms with Crippen LogP contribution in [0, 0.1) is 0 Å². The minimum absolute atomic E-state index is 0.00490. The highest BCUT2D eigenvalue weighted by molar-refractivity contribution is 7.91. The first-order valence-corrected chi connectivity index (χ1v) is 8.30. The molecule has 0 saturated carbocycles. The van der Waals surface area contributed by atoms with E-state index in [0.29, 0.717) is 6.42 Å². The number of amides is 1. The maximum atomic E-state index is 12.3. The van der Waals surface area contributed by atoms with Gasteiger partial charge >= 0.3 is 6.03 Å². The molecule has 1 aliphatic heterocycles. The summed E-state index contributed by atoms with van der Waals surface area (Å²) in [5.41, 5.74) is 0.135. The lowest BCUT2D eigenvalue weighted by Gasteiger charge is -2.24. The Hall–Kier alpha value is -1.82. The maximum Gasteiger partial charge on any atom is 0.326 e. The summed E-state index contributed by atoms with van der Waals surface area (Å²) in [7, 11) is -3.03. The fraction of sp³-hybridized carbons (Fsp3) is 0.357. The zero-order valence-corrected chi connectivity index (χ0v) is 12.0. The summed E-state index contributed by atoms with van der Waals surface area (Å²) in [5, 5.41) is 3.83. The van der Waals surface area contributed by atoms with Gasteiger partial charge in [-0.25, -0.2) is 13.2 Å². The molecule has 0 aliphatic carbocycles. The molecule has 1 aliphatic rings. The van der Waals surface area contributed by atoms with Gasteiger partial charge in [0.15, 0.2) is 9.84 Å². The molecule has 5 nitrogen and oxygen atoms in total. The third-order valence-electron chi connectivity index (χ3n) is 3.73. The Morgan fingerprint density at radius 1 is 1.30 bits per heavy atom. The standard InChI is InChI=1S/C14H16N2O3S/c1-14(7-9-20(18,19)10-14)15-13(17)16-8-6-11-4-2-3-5-12(11)16/h2-6,8H,7,9-10H2,1H3,(H,15,17). The van der Waals surface area contributed by atoms with Gasteiger partial charge in [0.25, 0.3) is 0 Å². The van der Waals surface area contributed by atoms with Crippen molar-refractivity contribution in [1.29, 1.82) is 0 Å². The van der Waals surface area contributed by atoms with Gasteiger partial charge in [0.05, 0.1) is 22.6 Å². The van der Waals surface area contributed by atoms with E-state index >= 15 is 0 Å². The van der Waals surface area contributed by atoms with Crippen LogP contribution in [-0.4, -0.2) is 36.1 Å². The first-order valence-electron chi connectivity index (χ1n) is 6.48. The molecule has 6 heteroatoms. The lowest BCUT2D eigenvalue weighted by atomic mass is 10.0. The van der Waals surface area contributed by atoms with Gasteiger partial charge in [0.1, 0.15) is 0 Å². The molecule has 1 aromatic heterocycles. The van der Waals surface area contributed by atoms with E-state index in [0.717, 1.165) is 10.9 Å². The van der Waals surface area contributed by atoms with Crippen molar-refractivity contribution in [3.05, 3.63) is 36.5 Å². The van der Waals surface area contributed by atoms with Crippen molar-refractivity contribution >= 4 is 26.8 Å². The lowest BCUT2D eigenvalue weighted by molar-refractivity contribution is 0.233. The molecule has 1 unspecified atom stereocenters. The highest BCUT2D eigenvalue weighted by atomic mass is 32.2. The Bertz CT molecular complexity index is 779. The molecule has 1 amide bonds. The molecule has 1 atom stereocenters. The number of para-hydroxylation sites is 1. The molecule has 1 fully saturated rings. The normalized spacial score (nSPS) is 24.9. The molecule has 0 bridgehead atoms. The third kappa shape index (κ3) is 2.31. The molecule has 2 heterocycles. The van der Waals surface area contributed by atoms with Crippen molar-refractivity contribution < 1.29 is 13.2 Å². The summed E-state index contributed by atoms with van der Waals surface area (Å²) in [5.74, 6) is 0.140. The van der Waals surface area contributed by atoms with Crippen LogP contribution >= 0.6 is 0 Å². The van der Waals surface area contributed by atoms with Crippen LogP contribution in [0.2, 0.25) is 0 Å². The van der Waals surface area contributed by atoms with Crippen molar-refractivity contribution in [3.63, 3.8) is 0 Å². The van der Waals surface area contributed by atoms with E-state index in [4.69, 9.17) is 0 Å². The van der Waals surface area contributed by atoms with E-state index in [9.17, 15) is 13.2 Å². The molecule has 3 rings (SSSR count). The summed E-state index contributed by atoms with van der Waals surface area (Å²) in [6.45, 7) is 1.78. The number of fused-ring (bicyclic) bond motifs is 1. The van der Waals surface area contributed by atoms with Gasteiger partial charge in [-0.1, -0.05) is 18.2 Å². The van der Waals surface area contributed by atoms with E-state index in [1.165, 1.54) is 4.57 Å². The smallest absolute Gasteiger partial charge is 0.326 e. The summed E-state index contributed by atoms with van der Waals surface area (Å²) < 4.78 is 24.7. The Kier molecular flexibility index (Phi) is 2.86. The largest absolute Gasteiger partial charge is 0.331 e. The SMILES string of the molecule is CC1(NC(=O)n2ccc3ccccc32)CCS(=O)(=O)C1. The van der Waals surface area contributed by atoms with Crippen LogP contribution in [0.15, 0.2) is 36.5 Å². The molecular weight excluding hydrogens is 276 g/mol. The number of benzene rings is 1. The first-order chi connectivity index (χ1) is 9.39. The summed E-state index contributed by atoms with van der Waals surface area (Å²) in [4.78, 5) is 12.3. The van der Waals surface area contributed by atoms with E-state index in [1.54, 1.807) is 13.1 Å². The zero-order chi connectivity index (χ0) is 14.4. The number of aromatic nitrogens is 1. The van der Waals surface area contributed by atoms with Gasteiger partial charge in [-0.05, 0) is 25.5 Å². The van der Waals surface area contributed by atoms with Gasteiger partial charge < -0.3 is 5.32 Å². The molecule has 1 saturated heterocycles. The van der Waals surface area contributed by atoms with Gasteiger partial charge in [-0.3, -0.25) is 4.57 Å². The maximum absolute atomic E-state index is 12.3. The van der Waals surface area contributed by atoms with Gasteiger partial charge in [0.2, 0.25) is 0 Å². The number of nitrogens with zero attached hydrogens (tertiary/aromatic N) is 1. The third-order valence-corrected chi connectivity index (χ3v) is 5.63. The minimum Gasteiger partial charge on any atom is -0.331 e. The highest BCUT2D eigenvalue weighted by Gasteiger charge is 2.39. The predicted octanol–water partition coefficient (Wildman–Crippen LogP) is 1.78. The van der Waals surface area contributed by atoms with Crippen molar-refractivity contribution in [1.82, 2.24) is 9.88 Å². The fourth-order valence-electron chi connectivity index (χ4n) is 2.69. The van der Waals surface area contributed by atoms with Crippen LogP contribution < -0.4 is 5.32 Å². The Labute approximate surface area is 117 Å². The Balaban J connectivity index is 1.87. The number of hydrogen-bond acceptors (Lipinski definition) is 3. The molecule has 0 radical (unpaired) electrons. The second-order valence-electron chi connectivity index (χ2n) is 5.58. The van der Waals surface area contributed by atoms with E-state index in [2.05, 4.69) is 5.32 Å². The van der Waals surface area contributed by atoms with Crippen molar-refractivity contribution in [2.45, 2.75) is 18.9 Å². The van der Waals surface area contributed by atoms with Crippen LogP contribution in [0.4, 0.5) is 4.79 Å². The molecule has 20 heavy (non-hydrogen) atoms. The average Bonchev–Trinajstić information content (AvgIpc) is 2.90. The predicted molar refractivity (Wildman–Crippen MR) is 77.5 cm³/mol. The molecule has 106 valence electrons. The van der Waals surface area contributed by atoms with E-state index in [1.807, 2.05) is 30.3 Å². The van der Waals surface area contributed by atoms with Gasteiger partial charge in [0, 0.05) is 11.6 Å². The average molecular weight is 292 g/mol. The van der Waals surface area contributed by atoms with Gasteiger partial charge in [-0.15, -0.1) is 0 Å². The number of carbonyl (C=O) groups is 1. The number of nitrogens with one attached hydrogen (secondary N) is 1. The van der Waals surface area contributed by atoms with Crippen LogP contribution in [0.3, 0.4) is 0 Å². The second-order valence-corrected chi connectivity index (χ2v) is 7.76. The zero-order valence-electron chi connectivity index (χ0n) is 11.2. The number of carbonyl (C=O) groups excluding carboxylic acids is 1. The van der Waals surface area contributed by atoms with Crippen molar-refractivity contribution in [2.24, 2.45) is 0 Å². The van der Waals surface area contributed by atoms with Crippen LogP contribution in [0.25, 0.3) is 10.9 Å². The first kappa shape index (κ1) is 13.2. The number of hydrogen-bond donors (Lipinski definition) is 1. The Morgan fingerprint density at radius 3 is 2.75 bits per heavy atom. The Morgan fingerprint density at radius 2 is 2.05 bits per heavy atom. The topological polar surface area (TPSA) is 68.2 Å². The second kappa shape index (κ2) is 4.34. The molecule has 2 aromatic rings. The molecule has 0 spiro atoms. The molecule has 1 N–H and O–H groups in total. The van der Waals surface area contributed by atoms with Crippen LogP contribution in [0.5, 0.6) is 0 Å². The monoisotopic (exact) mass is 292 g/mol.